The summed E-state index contributed by atoms with van der Waals surface area (Å²) in [5.41, 5.74) is 2.55. The van der Waals surface area contributed by atoms with Crippen LogP contribution in [0, 0.1) is 0 Å². The van der Waals surface area contributed by atoms with Gasteiger partial charge in [-0.1, -0.05) is 54.6 Å². The molecule has 0 saturated carbocycles. The van der Waals surface area contributed by atoms with Gasteiger partial charge in [-0.2, -0.15) is 0 Å². The summed E-state index contributed by atoms with van der Waals surface area (Å²) >= 11 is 0. The van der Waals surface area contributed by atoms with Crippen molar-refractivity contribution in [2.45, 2.75) is 13.3 Å². The van der Waals surface area contributed by atoms with Gasteiger partial charge in [0.15, 0.2) is 5.78 Å². The van der Waals surface area contributed by atoms with E-state index in [4.69, 9.17) is 0 Å². The summed E-state index contributed by atoms with van der Waals surface area (Å²) in [6.45, 7) is 1.56. The first-order valence-electron chi connectivity index (χ1n) is 6.95. The van der Waals surface area contributed by atoms with Gasteiger partial charge in [-0.15, -0.1) is 0 Å². The fraction of sp³-hybridized carbons (Fsp3) is 0.105. The number of hydrogen-bond acceptors (Lipinski definition) is 2. The minimum Gasteiger partial charge on any atom is -0.507 e. The average molecular weight is 276 g/mol. The Balaban J connectivity index is 2.19. The van der Waals surface area contributed by atoms with E-state index in [-0.39, 0.29) is 11.5 Å². The Bertz CT molecular complexity index is 804. The molecular weight excluding hydrogens is 260 g/mol. The van der Waals surface area contributed by atoms with Crippen LogP contribution in [0.3, 0.4) is 0 Å². The van der Waals surface area contributed by atoms with Gasteiger partial charge < -0.3 is 5.11 Å². The standard InChI is InChI=1S/C19H16O2/c1-13(20)18-12-15(11-14-7-3-2-4-8-14)19(21)17-10-6-5-9-16(17)18/h2-10,12,21H,11H2,1H3. The molecule has 1 N–H and O–H groups in total. The average Bonchev–Trinajstić information content (AvgIpc) is 2.51. The smallest absolute Gasteiger partial charge is 0.160 e. The molecule has 3 rings (SSSR count). The number of phenols is 1. The minimum atomic E-state index is 0.0144. The second kappa shape index (κ2) is 5.41. The van der Waals surface area contributed by atoms with Gasteiger partial charge in [0, 0.05) is 17.4 Å². The summed E-state index contributed by atoms with van der Waals surface area (Å²) in [6.07, 6.45) is 0.609. The molecule has 0 fully saturated rings. The fourth-order valence-electron chi connectivity index (χ4n) is 2.66. The Kier molecular flexibility index (Phi) is 3.44. The van der Waals surface area contributed by atoms with Crippen LogP contribution in [0.25, 0.3) is 10.8 Å². The lowest BCUT2D eigenvalue weighted by molar-refractivity contribution is 0.101. The highest BCUT2D eigenvalue weighted by Gasteiger charge is 2.13. The van der Waals surface area contributed by atoms with Gasteiger partial charge in [-0.3, -0.25) is 4.79 Å². The Morgan fingerprint density at radius 3 is 2.24 bits per heavy atom. The van der Waals surface area contributed by atoms with Gasteiger partial charge in [-0.05, 0) is 29.5 Å². The lowest BCUT2D eigenvalue weighted by Gasteiger charge is -2.12. The van der Waals surface area contributed by atoms with E-state index in [1.54, 1.807) is 6.92 Å². The maximum atomic E-state index is 11.9. The highest BCUT2D eigenvalue weighted by Crippen LogP contribution is 2.33. The van der Waals surface area contributed by atoms with Crippen molar-refractivity contribution in [2.24, 2.45) is 0 Å². The van der Waals surface area contributed by atoms with Crippen molar-refractivity contribution in [1.82, 2.24) is 0 Å². The summed E-state index contributed by atoms with van der Waals surface area (Å²) in [6, 6.07) is 19.2. The third-order valence-electron chi connectivity index (χ3n) is 3.71. The number of aromatic hydroxyl groups is 1. The highest BCUT2D eigenvalue weighted by molar-refractivity contribution is 6.09. The summed E-state index contributed by atoms with van der Waals surface area (Å²) in [5.74, 6) is 0.278. The summed E-state index contributed by atoms with van der Waals surface area (Å²) in [4.78, 5) is 11.9. The first-order chi connectivity index (χ1) is 10.2. The lowest BCUT2D eigenvalue weighted by atomic mass is 9.94. The zero-order valence-electron chi connectivity index (χ0n) is 11.8. The van der Waals surface area contributed by atoms with Crippen molar-refractivity contribution >= 4 is 16.6 Å². The van der Waals surface area contributed by atoms with E-state index in [0.717, 1.165) is 21.9 Å². The number of benzene rings is 3. The molecule has 0 amide bonds. The second-order valence-corrected chi connectivity index (χ2v) is 5.20. The van der Waals surface area contributed by atoms with Crippen molar-refractivity contribution in [3.8, 4) is 5.75 Å². The molecule has 0 saturated heterocycles. The van der Waals surface area contributed by atoms with E-state index in [9.17, 15) is 9.90 Å². The third-order valence-corrected chi connectivity index (χ3v) is 3.71. The molecule has 0 aliphatic heterocycles. The lowest BCUT2D eigenvalue weighted by Crippen LogP contribution is -1.98. The molecule has 0 heterocycles. The number of carbonyl (C=O) groups excluding carboxylic acids is 1. The molecule has 0 unspecified atom stereocenters. The van der Waals surface area contributed by atoms with E-state index in [1.165, 1.54) is 0 Å². The third kappa shape index (κ3) is 2.52. The quantitative estimate of drug-likeness (QED) is 0.722. The van der Waals surface area contributed by atoms with Gasteiger partial charge in [-0.25, -0.2) is 0 Å². The first kappa shape index (κ1) is 13.4. The van der Waals surface area contributed by atoms with Crippen molar-refractivity contribution in [3.05, 3.63) is 77.4 Å². The predicted molar refractivity (Wildman–Crippen MR) is 84.9 cm³/mol. The van der Waals surface area contributed by atoms with Crippen molar-refractivity contribution in [2.75, 3.05) is 0 Å². The number of phenolic OH excluding ortho intramolecular Hbond substituents is 1. The molecule has 104 valence electrons. The number of hydrogen-bond donors (Lipinski definition) is 1. The predicted octanol–water partition coefficient (Wildman–Crippen LogP) is 4.34. The normalized spacial score (nSPS) is 10.7. The SMILES string of the molecule is CC(=O)c1cc(Cc2ccccc2)c(O)c2ccccc12. The molecule has 0 aliphatic rings. The zero-order valence-corrected chi connectivity index (χ0v) is 11.8. The van der Waals surface area contributed by atoms with Gasteiger partial charge in [0.25, 0.3) is 0 Å². The van der Waals surface area contributed by atoms with Crippen molar-refractivity contribution in [3.63, 3.8) is 0 Å². The van der Waals surface area contributed by atoms with Crippen LogP contribution in [0.15, 0.2) is 60.7 Å². The van der Waals surface area contributed by atoms with Crippen LogP contribution in [0.2, 0.25) is 0 Å². The Morgan fingerprint density at radius 2 is 1.57 bits per heavy atom. The molecular formula is C19H16O2. The highest BCUT2D eigenvalue weighted by atomic mass is 16.3. The van der Waals surface area contributed by atoms with Crippen LogP contribution in [-0.4, -0.2) is 10.9 Å². The molecule has 21 heavy (non-hydrogen) atoms. The van der Waals surface area contributed by atoms with E-state index in [2.05, 4.69) is 0 Å². The Morgan fingerprint density at radius 1 is 0.952 bits per heavy atom. The molecule has 2 heteroatoms. The topological polar surface area (TPSA) is 37.3 Å². The largest absolute Gasteiger partial charge is 0.507 e. The van der Waals surface area contributed by atoms with Gasteiger partial charge in [0.1, 0.15) is 5.75 Å². The molecule has 3 aromatic carbocycles. The molecule has 3 aromatic rings. The summed E-state index contributed by atoms with van der Waals surface area (Å²) < 4.78 is 0. The molecule has 0 bridgehead atoms. The molecule has 2 nitrogen and oxygen atoms in total. The molecule has 0 aliphatic carbocycles. The fourth-order valence-corrected chi connectivity index (χ4v) is 2.66. The van der Waals surface area contributed by atoms with E-state index in [0.29, 0.717) is 12.0 Å². The summed E-state index contributed by atoms with van der Waals surface area (Å²) in [7, 11) is 0. The number of rotatable bonds is 3. The second-order valence-electron chi connectivity index (χ2n) is 5.20. The van der Waals surface area contributed by atoms with Crippen molar-refractivity contribution in [1.29, 1.82) is 0 Å². The maximum absolute atomic E-state index is 11.9. The van der Waals surface area contributed by atoms with E-state index in [1.807, 2.05) is 60.7 Å². The van der Waals surface area contributed by atoms with Crippen LogP contribution in [0.4, 0.5) is 0 Å². The van der Waals surface area contributed by atoms with E-state index >= 15 is 0 Å². The molecule has 0 radical (unpaired) electrons. The molecule has 0 spiro atoms. The Labute approximate surface area is 123 Å². The van der Waals surface area contributed by atoms with Crippen LogP contribution in [-0.2, 0) is 6.42 Å². The van der Waals surface area contributed by atoms with Crippen LogP contribution < -0.4 is 0 Å². The maximum Gasteiger partial charge on any atom is 0.160 e. The molecule has 0 atom stereocenters. The van der Waals surface area contributed by atoms with E-state index < -0.39 is 0 Å². The minimum absolute atomic E-state index is 0.0144. The van der Waals surface area contributed by atoms with Crippen LogP contribution in [0.5, 0.6) is 5.75 Å². The monoisotopic (exact) mass is 276 g/mol. The Hall–Kier alpha value is -2.61. The summed E-state index contributed by atoms with van der Waals surface area (Å²) in [5, 5.41) is 12.0. The molecule has 0 aromatic heterocycles. The number of Topliss-reactive ketones (excluding diaryl/α,β-unsaturated/α-hetero) is 1. The van der Waals surface area contributed by atoms with Gasteiger partial charge in [0.2, 0.25) is 0 Å². The number of carbonyl (C=O) groups is 1. The number of ketones is 1. The van der Waals surface area contributed by atoms with Crippen molar-refractivity contribution < 1.29 is 9.90 Å². The zero-order chi connectivity index (χ0) is 14.8. The van der Waals surface area contributed by atoms with Gasteiger partial charge in [0.05, 0.1) is 0 Å². The number of fused-ring (bicyclic) bond motifs is 1. The van der Waals surface area contributed by atoms with Crippen LogP contribution in [0.1, 0.15) is 28.4 Å². The van der Waals surface area contributed by atoms with Crippen LogP contribution >= 0.6 is 0 Å². The first-order valence-corrected chi connectivity index (χ1v) is 6.95. The van der Waals surface area contributed by atoms with Gasteiger partial charge >= 0.3 is 0 Å².